The summed E-state index contributed by atoms with van der Waals surface area (Å²) in [5.74, 6) is -1.10. The van der Waals surface area contributed by atoms with E-state index in [-0.39, 0.29) is 12.3 Å². The topological polar surface area (TPSA) is 84.2 Å². The fraction of sp³-hybridized carbons (Fsp3) is 0.643. The van der Waals surface area contributed by atoms with Crippen molar-refractivity contribution in [2.75, 3.05) is 5.32 Å². The second kappa shape index (κ2) is 5.64. The van der Waals surface area contributed by atoms with E-state index >= 15 is 0 Å². The lowest BCUT2D eigenvalue weighted by Crippen LogP contribution is -2.37. The van der Waals surface area contributed by atoms with Crippen molar-refractivity contribution in [2.24, 2.45) is 12.5 Å². The van der Waals surface area contributed by atoms with Gasteiger partial charge in [-0.15, -0.1) is 0 Å². The fourth-order valence-electron chi connectivity index (χ4n) is 2.92. The standard InChI is InChI=1S/C14H21N3O3/c1-10-11(9-17(2)16-10)15-12(18)8-14(13(19)20)6-4-3-5-7-14/h9H,3-8H2,1-2H3,(H,15,18)(H,19,20). The number of nitrogens with zero attached hydrogens (tertiary/aromatic N) is 2. The number of hydrogen-bond acceptors (Lipinski definition) is 3. The molecule has 110 valence electrons. The Morgan fingerprint density at radius 2 is 2.05 bits per heavy atom. The molecule has 1 aromatic rings. The highest BCUT2D eigenvalue weighted by Gasteiger charge is 2.41. The zero-order valence-corrected chi connectivity index (χ0v) is 12.0. The highest BCUT2D eigenvalue weighted by atomic mass is 16.4. The average Bonchev–Trinajstić information content (AvgIpc) is 2.68. The molecule has 0 bridgehead atoms. The third-order valence-corrected chi connectivity index (χ3v) is 4.05. The summed E-state index contributed by atoms with van der Waals surface area (Å²) in [5, 5.41) is 16.4. The van der Waals surface area contributed by atoms with Crippen LogP contribution in [-0.4, -0.2) is 26.8 Å². The lowest BCUT2D eigenvalue weighted by Gasteiger charge is -2.32. The molecular weight excluding hydrogens is 258 g/mol. The second-order valence-corrected chi connectivity index (χ2v) is 5.67. The van der Waals surface area contributed by atoms with Crippen LogP contribution in [0.15, 0.2) is 6.20 Å². The number of carboxylic acid groups (broad SMARTS) is 1. The average molecular weight is 279 g/mol. The highest BCUT2D eigenvalue weighted by molar-refractivity contribution is 5.94. The molecule has 0 spiro atoms. The first kappa shape index (κ1) is 14.6. The summed E-state index contributed by atoms with van der Waals surface area (Å²) in [6, 6.07) is 0. The first-order chi connectivity index (χ1) is 9.43. The van der Waals surface area contributed by atoms with Crippen molar-refractivity contribution >= 4 is 17.6 Å². The third kappa shape index (κ3) is 3.00. The molecule has 1 aliphatic rings. The van der Waals surface area contributed by atoms with Crippen molar-refractivity contribution in [3.8, 4) is 0 Å². The predicted molar refractivity (Wildman–Crippen MR) is 74.3 cm³/mol. The Hall–Kier alpha value is -1.85. The van der Waals surface area contributed by atoms with E-state index in [0.717, 1.165) is 25.0 Å². The number of aryl methyl sites for hydroxylation is 2. The van der Waals surface area contributed by atoms with Crippen LogP contribution in [0.1, 0.15) is 44.2 Å². The Balaban J connectivity index is 2.05. The first-order valence-corrected chi connectivity index (χ1v) is 6.96. The molecule has 6 nitrogen and oxygen atoms in total. The summed E-state index contributed by atoms with van der Waals surface area (Å²) >= 11 is 0. The third-order valence-electron chi connectivity index (χ3n) is 4.05. The van der Waals surface area contributed by atoms with Crippen molar-refractivity contribution in [2.45, 2.75) is 45.4 Å². The molecule has 2 rings (SSSR count). The smallest absolute Gasteiger partial charge is 0.310 e. The molecular formula is C14H21N3O3. The maximum atomic E-state index is 12.1. The number of carbonyl (C=O) groups excluding carboxylic acids is 1. The van der Waals surface area contributed by atoms with E-state index in [1.54, 1.807) is 17.9 Å². The molecule has 0 atom stereocenters. The summed E-state index contributed by atoms with van der Waals surface area (Å²) in [6.45, 7) is 1.81. The number of carbonyl (C=O) groups is 2. The molecule has 0 aliphatic heterocycles. The number of aromatic nitrogens is 2. The Labute approximate surface area is 118 Å². The molecule has 1 heterocycles. The molecule has 0 radical (unpaired) electrons. The van der Waals surface area contributed by atoms with E-state index in [4.69, 9.17) is 0 Å². The van der Waals surface area contributed by atoms with Crippen molar-refractivity contribution in [1.29, 1.82) is 0 Å². The summed E-state index contributed by atoms with van der Waals surface area (Å²) < 4.78 is 1.62. The monoisotopic (exact) mass is 279 g/mol. The van der Waals surface area contributed by atoms with Gasteiger partial charge in [0.1, 0.15) is 0 Å². The van der Waals surface area contributed by atoms with Gasteiger partial charge in [0.15, 0.2) is 0 Å². The first-order valence-electron chi connectivity index (χ1n) is 6.96. The van der Waals surface area contributed by atoms with E-state index in [1.807, 2.05) is 6.92 Å². The van der Waals surface area contributed by atoms with Gasteiger partial charge in [0, 0.05) is 19.7 Å². The molecule has 0 aromatic carbocycles. The fourth-order valence-corrected chi connectivity index (χ4v) is 2.92. The molecule has 20 heavy (non-hydrogen) atoms. The SMILES string of the molecule is Cc1nn(C)cc1NC(=O)CC1(C(=O)O)CCCCC1. The molecule has 1 aromatic heterocycles. The van der Waals surface area contributed by atoms with Gasteiger partial charge in [-0.2, -0.15) is 5.10 Å². The van der Waals surface area contributed by atoms with Gasteiger partial charge < -0.3 is 10.4 Å². The minimum atomic E-state index is -0.890. The maximum Gasteiger partial charge on any atom is 0.310 e. The quantitative estimate of drug-likeness (QED) is 0.884. The van der Waals surface area contributed by atoms with E-state index in [2.05, 4.69) is 10.4 Å². The number of rotatable bonds is 4. The number of carboxylic acids is 1. The van der Waals surface area contributed by atoms with Crippen LogP contribution in [0.5, 0.6) is 0 Å². The van der Waals surface area contributed by atoms with Gasteiger partial charge in [-0.25, -0.2) is 0 Å². The zero-order chi connectivity index (χ0) is 14.8. The number of amides is 1. The lowest BCUT2D eigenvalue weighted by molar-refractivity contribution is -0.153. The van der Waals surface area contributed by atoms with Crippen LogP contribution in [0.3, 0.4) is 0 Å². The maximum absolute atomic E-state index is 12.1. The minimum Gasteiger partial charge on any atom is -0.481 e. The van der Waals surface area contributed by atoms with Crippen molar-refractivity contribution in [3.63, 3.8) is 0 Å². The summed E-state index contributed by atoms with van der Waals surface area (Å²) in [6.07, 6.45) is 5.75. The van der Waals surface area contributed by atoms with Gasteiger partial charge in [-0.1, -0.05) is 19.3 Å². The zero-order valence-electron chi connectivity index (χ0n) is 12.0. The Kier molecular flexibility index (Phi) is 4.11. The lowest BCUT2D eigenvalue weighted by atomic mass is 9.71. The van der Waals surface area contributed by atoms with E-state index < -0.39 is 11.4 Å². The molecule has 0 saturated heterocycles. The number of anilines is 1. The van der Waals surface area contributed by atoms with Crippen LogP contribution in [0.2, 0.25) is 0 Å². The van der Waals surface area contributed by atoms with Gasteiger partial charge in [0.2, 0.25) is 5.91 Å². The predicted octanol–water partition coefficient (Wildman–Crippen LogP) is 2.09. The molecule has 0 unspecified atom stereocenters. The van der Waals surface area contributed by atoms with Crippen LogP contribution >= 0.6 is 0 Å². The molecule has 1 fully saturated rings. The molecule has 2 N–H and O–H groups in total. The summed E-state index contributed by atoms with van der Waals surface area (Å²) in [7, 11) is 1.78. The molecule has 6 heteroatoms. The van der Waals surface area contributed by atoms with Gasteiger partial charge >= 0.3 is 5.97 Å². The van der Waals surface area contributed by atoms with Gasteiger partial charge in [-0.3, -0.25) is 14.3 Å². The van der Waals surface area contributed by atoms with Crippen LogP contribution in [-0.2, 0) is 16.6 Å². The second-order valence-electron chi connectivity index (χ2n) is 5.67. The summed E-state index contributed by atoms with van der Waals surface area (Å²) in [5.41, 5.74) is 0.487. The van der Waals surface area contributed by atoms with Crippen molar-refractivity contribution in [3.05, 3.63) is 11.9 Å². The van der Waals surface area contributed by atoms with E-state index in [1.165, 1.54) is 0 Å². The van der Waals surface area contributed by atoms with Crippen molar-refractivity contribution < 1.29 is 14.7 Å². The molecule has 1 amide bonds. The van der Waals surface area contributed by atoms with Crippen LogP contribution < -0.4 is 5.32 Å². The van der Waals surface area contributed by atoms with E-state index in [0.29, 0.717) is 18.5 Å². The van der Waals surface area contributed by atoms with Gasteiger partial charge in [0.25, 0.3) is 0 Å². The Morgan fingerprint density at radius 3 is 2.55 bits per heavy atom. The van der Waals surface area contributed by atoms with E-state index in [9.17, 15) is 14.7 Å². The largest absolute Gasteiger partial charge is 0.481 e. The Bertz CT molecular complexity index is 516. The Morgan fingerprint density at radius 1 is 1.40 bits per heavy atom. The number of hydrogen-bond donors (Lipinski definition) is 2. The number of nitrogens with one attached hydrogen (secondary N) is 1. The number of aliphatic carboxylic acids is 1. The highest BCUT2D eigenvalue weighted by Crippen LogP contribution is 2.39. The van der Waals surface area contributed by atoms with Gasteiger partial charge in [0.05, 0.1) is 16.8 Å². The normalized spacial score (nSPS) is 17.7. The van der Waals surface area contributed by atoms with Crippen LogP contribution in [0, 0.1) is 12.3 Å². The minimum absolute atomic E-state index is 0.0384. The van der Waals surface area contributed by atoms with Gasteiger partial charge in [-0.05, 0) is 19.8 Å². The molecule has 1 saturated carbocycles. The van der Waals surface area contributed by atoms with Crippen molar-refractivity contribution in [1.82, 2.24) is 9.78 Å². The van der Waals surface area contributed by atoms with Crippen LogP contribution in [0.25, 0.3) is 0 Å². The summed E-state index contributed by atoms with van der Waals surface area (Å²) in [4.78, 5) is 23.7. The van der Waals surface area contributed by atoms with Crippen LogP contribution in [0.4, 0.5) is 5.69 Å². The molecule has 1 aliphatic carbocycles.